The minimum Gasteiger partial charge on any atom is -0.390 e. The van der Waals surface area contributed by atoms with E-state index in [9.17, 15) is 10.2 Å². The van der Waals surface area contributed by atoms with E-state index in [1.807, 2.05) is 13.8 Å². The van der Waals surface area contributed by atoms with E-state index in [1.54, 1.807) is 0 Å². The number of hydrogen-bond donors (Lipinski definition) is 2. The van der Waals surface area contributed by atoms with Crippen LogP contribution in [0.4, 0.5) is 0 Å². The minimum absolute atomic E-state index is 0.0856. The Bertz CT molecular complexity index is 361. The van der Waals surface area contributed by atoms with Crippen LogP contribution in [0.25, 0.3) is 0 Å². The van der Waals surface area contributed by atoms with Gasteiger partial charge in [-0.2, -0.15) is 0 Å². The molecule has 2 N–H and O–H groups in total. The van der Waals surface area contributed by atoms with E-state index >= 15 is 0 Å². The molecule has 2 aliphatic carbocycles. The van der Waals surface area contributed by atoms with Crippen molar-refractivity contribution in [1.82, 2.24) is 0 Å². The van der Waals surface area contributed by atoms with Gasteiger partial charge in [0.2, 0.25) is 0 Å². The topological polar surface area (TPSA) is 53.0 Å². The summed E-state index contributed by atoms with van der Waals surface area (Å²) in [5, 5.41) is 21.4. The molecule has 0 aromatic rings. The Morgan fingerprint density at radius 1 is 1.06 bits per heavy atom. The van der Waals surface area contributed by atoms with E-state index < -0.39 is 11.2 Å². The van der Waals surface area contributed by atoms with Crippen LogP contribution in [0.1, 0.15) is 53.4 Å². The number of fused-ring (bicyclic) bond motifs is 3. The summed E-state index contributed by atoms with van der Waals surface area (Å²) in [4.78, 5) is 0. The summed E-state index contributed by atoms with van der Waals surface area (Å²) in [6.07, 6.45) is 3.56. The van der Waals surface area contributed by atoms with Gasteiger partial charge in [0.1, 0.15) is 0 Å². The second kappa shape index (κ2) is 3.50. The first-order chi connectivity index (χ1) is 8.21. The maximum Gasteiger partial charge on any atom is 0.0976 e. The predicted octanol–water partition coefficient (Wildman–Crippen LogP) is 2.10. The van der Waals surface area contributed by atoms with Crippen molar-refractivity contribution in [3.8, 4) is 0 Å². The molecule has 0 bridgehead atoms. The maximum atomic E-state index is 10.7. The second-order valence-corrected chi connectivity index (χ2v) is 7.53. The van der Waals surface area contributed by atoms with E-state index in [0.717, 1.165) is 25.7 Å². The van der Waals surface area contributed by atoms with E-state index in [1.165, 1.54) is 0 Å². The lowest BCUT2D eigenvalue weighted by atomic mass is 9.75. The van der Waals surface area contributed by atoms with Crippen molar-refractivity contribution >= 4 is 0 Å². The molecule has 3 fully saturated rings. The molecular formula is C15H26O3. The number of ether oxygens (including phenoxy) is 1. The Balaban J connectivity index is 1.98. The zero-order valence-electron chi connectivity index (χ0n) is 11.9. The lowest BCUT2D eigenvalue weighted by molar-refractivity contribution is -0.0688. The predicted molar refractivity (Wildman–Crippen MR) is 69.1 cm³/mol. The molecule has 18 heavy (non-hydrogen) atoms. The fraction of sp³-hybridized carbons (Fsp3) is 1.00. The van der Waals surface area contributed by atoms with Gasteiger partial charge < -0.3 is 14.9 Å². The molecule has 0 aromatic heterocycles. The summed E-state index contributed by atoms with van der Waals surface area (Å²) in [6, 6.07) is 0. The SMILES string of the molecule is CC(C)C12CCC(C)(O)C3CCC(C)(O)C3C1O2. The van der Waals surface area contributed by atoms with Crippen LogP contribution in [0.3, 0.4) is 0 Å². The molecule has 0 amide bonds. The highest BCUT2D eigenvalue weighted by Crippen LogP contribution is 2.62. The number of rotatable bonds is 1. The van der Waals surface area contributed by atoms with Gasteiger partial charge in [-0.3, -0.25) is 0 Å². The minimum atomic E-state index is -0.680. The highest BCUT2D eigenvalue weighted by Gasteiger charge is 2.70. The lowest BCUT2D eigenvalue weighted by Crippen LogP contribution is -2.43. The number of aliphatic hydroxyl groups is 2. The molecule has 104 valence electrons. The summed E-state index contributed by atoms with van der Waals surface area (Å²) in [7, 11) is 0. The fourth-order valence-corrected chi connectivity index (χ4v) is 4.63. The van der Waals surface area contributed by atoms with E-state index in [2.05, 4.69) is 13.8 Å². The third-order valence-corrected chi connectivity index (χ3v) is 6.01. The average Bonchev–Trinajstić information content (AvgIpc) is 2.88. The van der Waals surface area contributed by atoms with Gasteiger partial charge in [-0.25, -0.2) is 0 Å². The summed E-state index contributed by atoms with van der Waals surface area (Å²) < 4.78 is 6.08. The first-order valence-electron chi connectivity index (χ1n) is 7.33. The molecule has 0 spiro atoms. The molecule has 1 saturated heterocycles. The van der Waals surface area contributed by atoms with Crippen molar-refractivity contribution in [2.24, 2.45) is 17.8 Å². The van der Waals surface area contributed by atoms with Crippen molar-refractivity contribution in [3.63, 3.8) is 0 Å². The van der Waals surface area contributed by atoms with Crippen molar-refractivity contribution in [2.45, 2.75) is 76.3 Å². The van der Waals surface area contributed by atoms with E-state index in [4.69, 9.17) is 4.74 Å². The Labute approximate surface area is 110 Å². The van der Waals surface area contributed by atoms with Crippen LogP contribution in [0.5, 0.6) is 0 Å². The highest BCUT2D eigenvalue weighted by molar-refractivity contribution is 5.19. The van der Waals surface area contributed by atoms with Crippen molar-refractivity contribution in [1.29, 1.82) is 0 Å². The van der Waals surface area contributed by atoms with Crippen LogP contribution >= 0.6 is 0 Å². The zero-order chi connectivity index (χ0) is 13.3. The molecule has 0 radical (unpaired) electrons. The van der Waals surface area contributed by atoms with Crippen LogP contribution in [-0.4, -0.2) is 33.1 Å². The van der Waals surface area contributed by atoms with Crippen LogP contribution in [0.15, 0.2) is 0 Å². The van der Waals surface area contributed by atoms with Crippen LogP contribution in [0.2, 0.25) is 0 Å². The van der Waals surface area contributed by atoms with Gasteiger partial charge >= 0.3 is 0 Å². The van der Waals surface area contributed by atoms with Gasteiger partial charge in [-0.15, -0.1) is 0 Å². The zero-order valence-corrected chi connectivity index (χ0v) is 11.9. The molecular weight excluding hydrogens is 228 g/mol. The van der Waals surface area contributed by atoms with Crippen LogP contribution in [0, 0.1) is 17.8 Å². The van der Waals surface area contributed by atoms with Gasteiger partial charge in [-0.05, 0) is 51.4 Å². The molecule has 6 unspecified atom stereocenters. The quantitative estimate of drug-likeness (QED) is 0.705. The Morgan fingerprint density at radius 3 is 2.33 bits per heavy atom. The van der Waals surface area contributed by atoms with Crippen LogP contribution < -0.4 is 0 Å². The summed E-state index contributed by atoms with van der Waals surface area (Å²) in [5.41, 5.74) is -1.41. The third-order valence-electron chi connectivity index (χ3n) is 6.01. The van der Waals surface area contributed by atoms with Gasteiger partial charge in [0.25, 0.3) is 0 Å². The number of epoxide rings is 1. The Morgan fingerprint density at radius 2 is 1.72 bits per heavy atom. The van der Waals surface area contributed by atoms with E-state index in [0.29, 0.717) is 5.92 Å². The first-order valence-corrected chi connectivity index (χ1v) is 7.33. The largest absolute Gasteiger partial charge is 0.390 e. The molecule has 3 heteroatoms. The van der Waals surface area contributed by atoms with Crippen molar-refractivity contribution < 1.29 is 14.9 Å². The van der Waals surface area contributed by atoms with Crippen molar-refractivity contribution in [2.75, 3.05) is 0 Å². The van der Waals surface area contributed by atoms with Gasteiger partial charge in [0.15, 0.2) is 0 Å². The molecule has 1 aliphatic heterocycles. The molecule has 3 aliphatic rings. The first kappa shape index (κ1) is 12.9. The molecule has 6 atom stereocenters. The third kappa shape index (κ3) is 1.53. The van der Waals surface area contributed by atoms with Gasteiger partial charge in [0.05, 0.1) is 22.9 Å². The molecule has 0 aromatic carbocycles. The maximum absolute atomic E-state index is 10.7. The molecule has 1 heterocycles. The smallest absolute Gasteiger partial charge is 0.0976 e. The average molecular weight is 254 g/mol. The second-order valence-electron chi connectivity index (χ2n) is 7.53. The Hall–Kier alpha value is -0.120. The summed E-state index contributed by atoms with van der Waals surface area (Å²) >= 11 is 0. The standard InChI is InChI=1S/C15H26O3/c1-9(2)15-8-7-13(3,16)10-5-6-14(4,17)11(10)12(15)18-15/h9-12,16-17H,5-8H2,1-4H3. The summed E-state index contributed by atoms with van der Waals surface area (Å²) in [5.74, 6) is 0.728. The normalized spacial score (nSPS) is 59.2. The molecule has 3 rings (SSSR count). The highest BCUT2D eigenvalue weighted by atomic mass is 16.6. The molecule has 2 saturated carbocycles. The van der Waals surface area contributed by atoms with Crippen LogP contribution in [-0.2, 0) is 4.74 Å². The van der Waals surface area contributed by atoms with Gasteiger partial charge in [-0.1, -0.05) is 13.8 Å². The number of hydrogen-bond acceptors (Lipinski definition) is 3. The molecule has 3 nitrogen and oxygen atoms in total. The fourth-order valence-electron chi connectivity index (χ4n) is 4.63. The Kier molecular flexibility index (Phi) is 2.51. The van der Waals surface area contributed by atoms with E-state index in [-0.39, 0.29) is 23.5 Å². The lowest BCUT2D eigenvalue weighted by Gasteiger charge is -2.35. The van der Waals surface area contributed by atoms with Gasteiger partial charge in [0, 0.05) is 5.92 Å². The summed E-state index contributed by atoms with van der Waals surface area (Å²) in [6.45, 7) is 8.26. The van der Waals surface area contributed by atoms with Crippen molar-refractivity contribution in [3.05, 3.63) is 0 Å². The monoisotopic (exact) mass is 254 g/mol.